The number of likely N-dealkylation sites (tertiary alicyclic amines) is 1. The van der Waals surface area contributed by atoms with Crippen LogP contribution in [0.4, 0.5) is 0 Å². The molecule has 0 aromatic carbocycles. The number of carbonyl (C=O) groups excluding carboxylic acids is 1. The maximum absolute atomic E-state index is 13.2. The lowest BCUT2D eigenvalue weighted by Gasteiger charge is -2.50. The molecule has 1 N–H and O–H groups in total. The van der Waals surface area contributed by atoms with E-state index in [-0.39, 0.29) is 17.7 Å². The van der Waals surface area contributed by atoms with E-state index >= 15 is 0 Å². The van der Waals surface area contributed by atoms with Gasteiger partial charge in [0.15, 0.2) is 0 Å². The van der Waals surface area contributed by atoms with Crippen molar-refractivity contribution in [2.24, 2.45) is 5.41 Å². The number of sulfonamides is 1. The smallest absolute Gasteiger partial charge is 0.227 e. The van der Waals surface area contributed by atoms with Gasteiger partial charge in [-0.15, -0.1) is 0 Å². The van der Waals surface area contributed by atoms with Crippen LogP contribution in [0.25, 0.3) is 0 Å². The summed E-state index contributed by atoms with van der Waals surface area (Å²) in [6, 6.07) is -0.181. The Morgan fingerprint density at radius 1 is 1.10 bits per heavy atom. The summed E-state index contributed by atoms with van der Waals surface area (Å²) < 4.78 is 32.6. The van der Waals surface area contributed by atoms with Crippen LogP contribution in [0.1, 0.15) is 65.2 Å². The number of piperidine rings is 1. The first-order valence-electron chi connectivity index (χ1n) is 11.5. The normalized spacial score (nSPS) is 31.3. The van der Waals surface area contributed by atoms with Gasteiger partial charge in [0, 0.05) is 38.8 Å². The second-order valence-corrected chi connectivity index (χ2v) is 10.8. The van der Waals surface area contributed by atoms with Gasteiger partial charge in [-0.2, -0.15) is 4.31 Å². The first-order valence-corrected chi connectivity index (χ1v) is 13.2. The van der Waals surface area contributed by atoms with Gasteiger partial charge in [-0.05, 0) is 45.1 Å². The molecule has 1 saturated carbocycles. The maximum atomic E-state index is 13.2. The number of fused-ring (bicyclic) bond motifs is 1. The van der Waals surface area contributed by atoms with Crippen molar-refractivity contribution in [2.75, 3.05) is 45.1 Å². The van der Waals surface area contributed by atoms with Gasteiger partial charge in [0.2, 0.25) is 15.9 Å². The van der Waals surface area contributed by atoms with Crippen molar-refractivity contribution >= 4 is 15.9 Å². The van der Waals surface area contributed by atoms with Crippen molar-refractivity contribution in [2.45, 2.75) is 77.4 Å². The third-order valence-electron chi connectivity index (χ3n) is 7.21. The highest BCUT2D eigenvalue weighted by molar-refractivity contribution is 7.89. The number of rotatable bonds is 8. The van der Waals surface area contributed by atoms with E-state index in [4.69, 9.17) is 4.74 Å². The lowest BCUT2D eigenvalue weighted by Crippen LogP contribution is -2.62. The van der Waals surface area contributed by atoms with Crippen molar-refractivity contribution in [3.8, 4) is 0 Å². The van der Waals surface area contributed by atoms with Crippen LogP contribution in [-0.4, -0.2) is 80.8 Å². The Hall–Kier alpha value is -0.700. The molecule has 0 unspecified atom stereocenters. The number of hydrogen-bond donors (Lipinski definition) is 1. The zero-order valence-electron chi connectivity index (χ0n) is 18.2. The highest BCUT2D eigenvalue weighted by Gasteiger charge is 2.54. The van der Waals surface area contributed by atoms with Gasteiger partial charge in [-0.3, -0.25) is 4.79 Å². The van der Waals surface area contributed by atoms with Crippen molar-refractivity contribution in [3.63, 3.8) is 0 Å². The SMILES string of the molecule is CCN1CCC(OCCCNC(=O)[C@@]23CCCC[C@H]2N(CC)S(=O)(=O)CC3)CC1. The van der Waals surface area contributed by atoms with E-state index in [1.165, 1.54) is 0 Å². The van der Waals surface area contributed by atoms with Gasteiger partial charge >= 0.3 is 0 Å². The van der Waals surface area contributed by atoms with Crippen LogP contribution in [0.2, 0.25) is 0 Å². The van der Waals surface area contributed by atoms with Gasteiger partial charge in [0.25, 0.3) is 0 Å². The molecule has 0 aromatic rings. The molecule has 2 atom stereocenters. The molecule has 0 aromatic heterocycles. The fourth-order valence-corrected chi connectivity index (χ4v) is 7.39. The van der Waals surface area contributed by atoms with Crippen molar-refractivity contribution in [1.29, 1.82) is 0 Å². The quantitative estimate of drug-likeness (QED) is 0.597. The summed E-state index contributed by atoms with van der Waals surface area (Å²) >= 11 is 0. The third kappa shape index (κ3) is 5.14. The molecule has 3 fully saturated rings. The third-order valence-corrected chi connectivity index (χ3v) is 9.15. The first kappa shape index (κ1) is 23.0. The van der Waals surface area contributed by atoms with E-state index in [1.807, 2.05) is 6.92 Å². The molecular formula is C21H39N3O4S. The fraction of sp³-hybridized carbons (Fsp3) is 0.952. The Labute approximate surface area is 176 Å². The Bertz CT molecular complexity index is 648. The topological polar surface area (TPSA) is 79.0 Å². The van der Waals surface area contributed by atoms with Crippen LogP contribution in [0.5, 0.6) is 0 Å². The standard InChI is InChI=1S/C21H39N3O4S/c1-3-23-14-9-18(10-15-23)28-16-7-13-22-20(25)21-11-6-5-8-19(21)24(4-2)29(26,27)17-12-21/h18-19H,3-17H2,1-2H3,(H,22,25)/t19-,21-/m1/s1. The molecule has 2 saturated heterocycles. The van der Waals surface area contributed by atoms with Crippen LogP contribution in [0.15, 0.2) is 0 Å². The summed E-state index contributed by atoms with van der Waals surface area (Å²) in [5.41, 5.74) is -0.548. The summed E-state index contributed by atoms with van der Waals surface area (Å²) in [5, 5.41) is 3.12. The molecule has 0 radical (unpaired) electrons. The highest BCUT2D eigenvalue weighted by atomic mass is 32.2. The van der Waals surface area contributed by atoms with Crippen molar-refractivity contribution in [1.82, 2.24) is 14.5 Å². The van der Waals surface area contributed by atoms with Crippen LogP contribution in [0.3, 0.4) is 0 Å². The van der Waals surface area contributed by atoms with Crippen LogP contribution >= 0.6 is 0 Å². The molecule has 8 heteroatoms. The van der Waals surface area contributed by atoms with Gasteiger partial charge in [0.05, 0.1) is 17.3 Å². The molecule has 7 nitrogen and oxygen atoms in total. The molecule has 3 rings (SSSR count). The van der Waals surface area contributed by atoms with E-state index in [2.05, 4.69) is 17.1 Å². The summed E-state index contributed by atoms with van der Waals surface area (Å²) in [7, 11) is -3.23. The molecule has 1 aliphatic carbocycles. The zero-order chi connectivity index (χ0) is 20.9. The van der Waals surface area contributed by atoms with E-state index < -0.39 is 15.4 Å². The fourth-order valence-electron chi connectivity index (χ4n) is 5.44. The molecule has 3 aliphatic rings. The Morgan fingerprint density at radius 2 is 1.86 bits per heavy atom. The number of hydrogen-bond acceptors (Lipinski definition) is 5. The van der Waals surface area contributed by atoms with Crippen LogP contribution < -0.4 is 5.32 Å². The average molecular weight is 430 g/mol. The monoisotopic (exact) mass is 429 g/mol. The molecule has 0 bridgehead atoms. The van der Waals surface area contributed by atoms with Gasteiger partial charge < -0.3 is 15.0 Å². The molecule has 2 heterocycles. The Kier molecular flexibility index (Phi) is 7.98. The summed E-state index contributed by atoms with van der Waals surface area (Å²) in [6.07, 6.45) is 7.36. The first-order chi connectivity index (χ1) is 13.9. The average Bonchev–Trinajstić information content (AvgIpc) is 2.73. The van der Waals surface area contributed by atoms with E-state index in [9.17, 15) is 13.2 Å². The minimum Gasteiger partial charge on any atom is -0.378 e. The number of carbonyl (C=O) groups is 1. The van der Waals surface area contributed by atoms with Crippen molar-refractivity contribution in [3.05, 3.63) is 0 Å². The number of nitrogens with one attached hydrogen (secondary N) is 1. The number of nitrogens with zero attached hydrogens (tertiary/aromatic N) is 2. The lowest BCUT2D eigenvalue weighted by atomic mass is 9.67. The van der Waals surface area contributed by atoms with E-state index in [0.717, 1.165) is 64.6 Å². The summed E-state index contributed by atoms with van der Waals surface area (Å²) in [5.74, 6) is 0.136. The van der Waals surface area contributed by atoms with Crippen molar-refractivity contribution < 1.29 is 17.9 Å². The van der Waals surface area contributed by atoms with E-state index in [0.29, 0.717) is 32.2 Å². The maximum Gasteiger partial charge on any atom is 0.227 e. The predicted molar refractivity (Wildman–Crippen MR) is 114 cm³/mol. The van der Waals surface area contributed by atoms with Gasteiger partial charge in [-0.1, -0.05) is 26.7 Å². The van der Waals surface area contributed by atoms with Crippen LogP contribution in [0, 0.1) is 5.41 Å². The number of ether oxygens (including phenoxy) is 1. The highest BCUT2D eigenvalue weighted by Crippen LogP contribution is 2.46. The Balaban J connectivity index is 1.47. The molecule has 2 aliphatic heterocycles. The second-order valence-electron chi connectivity index (χ2n) is 8.80. The van der Waals surface area contributed by atoms with E-state index in [1.54, 1.807) is 4.31 Å². The van der Waals surface area contributed by atoms with Gasteiger partial charge in [-0.25, -0.2) is 8.42 Å². The summed E-state index contributed by atoms with van der Waals surface area (Å²) in [4.78, 5) is 15.6. The molecule has 1 amide bonds. The number of amides is 1. The minimum absolute atomic E-state index is 0.0480. The zero-order valence-corrected chi connectivity index (χ0v) is 19.0. The predicted octanol–water partition coefficient (Wildman–Crippen LogP) is 1.98. The molecular weight excluding hydrogens is 390 g/mol. The largest absolute Gasteiger partial charge is 0.378 e. The molecule has 29 heavy (non-hydrogen) atoms. The molecule has 168 valence electrons. The van der Waals surface area contributed by atoms with Crippen LogP contribution in [-0.2, 0) is 19.6 Å². The van der Waals surface area contributed by atoms with Gasteiger partial charge in [0.1, 0.15) is 0 Å². The Morgan fingerprint density at radius 3 is 2.55 bits per heavy atom. The second kappa shape index (κ2) is 10.1. The summed E-state index contributed by atoms with van der Waals surface area (Å²) in [6.45, 7) is 9.12. The molecule has 0 spiro atoms. The lowest BCUT2D eigenvalue weighted by molar-refractivity contribution is -0.137. The minimum atomic E-state index is -3.23.